The van der Waals surface area contributed by atoms with Gasteiger partial charge in [0, 0.05) is 0 Å². The van der Waals surface area contributed by atoms with Crippen molar-refractivity contribution in [2.75, 3.05) is 6.54 Å². The highest BCUT2D eigenvalue weighted by Crippen LogP contribution is 2.24. The first-order valence-electron chi connectivity index (χ1n) is 3.89. The molecule has 12 heavy (non-hydrogen) atoms. The quantitative estimate of drug-likeness (QED) is 0.660. The highest BCUT2D eigenvalue weighted by atomic mass is 19.3. The Balaban J connectivity index is 2.59. The number of piperidine rings is 1. The van der Waals surface area contributed by atoms with Crippen molar-refractivity contribution in [3.05, 3.63) is 0 Å². The van der Waals surface area contributed by atoms with Crippen LogP contribution in [0.3, 0.4) is 0 Å². The molecule has 0 unspecified atom stereocenters. The van der Waals surface area contributed by atoms with Crippen molar-refractivity contribution in [2.24, 2.45) is 0 Å². The van der Waals surface area contributed by atoms with Crippen LogP contribution in [0.1, 0.15) is 19.3 Å². The van der Waals surface area contributed by atoms with E-state index in [2.05, 4.69) is 5.32 Å². The molecule has 0 aromatic rings. The van der Waals surface area contributed by atoms with Gasteiger partial charge >= 0.3 is 11.9 Å². The lowest BCUT2D eigenvalue weighted by atomic mass is 9.99. The van der Waals surface area contributed by atoms with Crippen LogP contribution in [0.4, 0.5) is 8.78 Å². The van der Waals surface area contributed by atoms with E-state index in [1.165, 1.54) is 0 Å². The van der Waals surface area contributed by atoms with E-state index in [0.29, 0.717) is 13.0 Å². The second kappa shape index (κ2) is 3.35. The van der Waals surface area contributed by atoms with Crippen LogP contribution >= 0.6 is 0 Å². The fraction of sp³-hybridized carbons (Fsp3) is 0.857. The number of alkyl halides is 2. The molecule has 1 saturated heterocycles. The fourth-order valence-electron chi connectivity index (χ4n) is 1.31. The largest absolute Gasteiger partial charge is 0.477 e. The van der Waals surface area contributed by atoms with Gasteiger partial charge in [0.05, 0.1) is 6.04 Å². The second-order valence-corrected chi connectivity index (χ2v) is 2.93. The minimum absolute atomic E-state index is 0.235. The molecule has 0 radical (unpaired) electrons. The molecule has 3 nitrogen and oxygen atoms in total. The molecule has 1 fully saturated rings. The van der Waals surface area contributed by atoms with Crippen LogP contribution in [0, 0.1) is 0 Å². The first-order chi connectivity index (χ1) is 5.55. The Hall–Kier alpha value is -0.710. The van der Waals surface area contributed by atoms with Crippen molar-refractivity contribution in [3.8, 4) is 0 Å². The first-order valence-corrected chi connectivity index (χ1v) is 3.89. The van der Waals surface area contributed by atoms with Crippen molar-refractivity contribution in [3.63, 3.8) is 0 Å². The third kappa shape index (κ3) is 1.72. The molecule has 5 heteroatoms. The van der Waals surface area contributed by atoms with Crippen molar-refractivity contribution in [1.29, 1.82) is 0 Å². The van der Waals surface area contributed by atoms with Crippen LogP contribution in [0.15, 0.2) is 0 Å². The van der Waals surface area contributed by atoms with Gasteiger partial charge in [0.15, 0.2) is 0 Å². The molecule has 1 aliphatic rings. The Kier molecular flexibility index (Phi) is 2.62. The summed E-state index contributed by atoms with van der Waals surface area (Å²) in [6, 6.07) is -1.19. The zero-order valence-corrected chi connectivity index (χ0v) is 6.52. The van der Waals surface area contributed by atoms with Gasteiger partial charge in [-0.05, 0) is 19.4 Å². The summed E-state index contributed by atoms with van der Waals surface area (Å²) < 4.78 is 25.5. The molecular formula is C7H11F2NO2. The summed E-state index contributed by atoms with van der Waals surface area (Å²) in [5, 5.41) is 10.7. The topological polar surface area (TPSA) is 49.3 Å². The van der Waals surface area contributed by atoms with Crippen molar-refractivity contribution < 1.29 is 18.7 Å². The van der Waals surface area contributed by atoms with E-state index in [1.807, 2.05) is 0 Å². The van der Waals surface area contributed by atoms with Crippen LogP contribution in [-0.4, -0.2) is 29.6 Å². The monoisotopic (exact) mass is 179 g/mol. The molecule has 0 aliphatic carbocycles. The van der Waals surface area contributed by atoms with Gasteiger partial charge in [0.25, 0.3) is 0 Å². The predicted octanol–water partition coefficient (Wildman–Crippen LogP) is 0.848. The number of carbonyl (C=O) groups is 1. The SMILES string of the molecule is O=C(O)C(F)(F)[C@H]1CCCCN1. The lowest BCUT2D eigenvalue weighted by Gasteiger charge is -2.27. The maximum absolute atomic E-state index is 12.8. The summed E-state index contributed by atoms with van der Waals surface area (Å²) in [7, 11) is 0. The summed E-state index contributed by atoms with van der Waals surface area (Å²) in [5.41, 5.74) is 0. The molecule has 0 aromatic carbocycles. The summed E-state index contributed by atoms with van der Waals surface area (Å²) in [6.07, 6.45) is 1.74. The van der Waals surface area contributed by atoms with E-state index in [1.54, 1.807) is 0 Å². The van der Waals surface area contributed by atoms with E-state index in [4.69, 9.17) is 5.11 Å². The molecule has 0 amide bonds. The smallest absolute Gasteiger partial charge is 0.376 e. The Morgan fingerprint density at radius 2 is 2.17 bits per heavy atom. The van der Waals surface area contributed by atoms with Crippen LogP contribution < -0.4 is 5.32 Å². The van der Waals surface area contributed by atoms with E-state index in [0.717, 1.165) is 6.42 Å². The molecule has 70 valence electrons. The molecule has 1 aliphatic heterocycles. The highest BCUT2D eigenvalue weighted by molar-refractivity contribution is 5.76. The average Bonchev–Trinajstić information content (AvgIpc) is 2.06. The fourth-order valence-corrected chi connectivity index (χ4v) is 1.31. The lowest BCUT2D eigenvalue weighted by Crippen LogP contribution is -2.51. The van der Waals surface area contributed by atoms with Gasteiger partial charge < -0.3 is 10.4 Å². The number of nitrogens with one attached hydrogen (secondary N) is 1. The van der Waals surface area contributed by atoms with Crippen LogP contribution in [0.2, 0.25) is 0 Å². The summed E-state index contributed by atoms with van der Waals surface area (Å²) >= 11 is 0. The second-order valence-electron chi connectivity index (χ2n) is 2.93. The van der Waals surface area contributed by atoms with Gasteiger partial charge in [-0.1, -0.05) is 6.42 Å². The number of carboxylic acids is 1. The molecule has 0 saturated carbocycles. The van der Waals surface area contributed by atoms with Gasteiger partial charge in [0.1, 0.15) is 0 Å². The minimum Gasteiger partial charge on any atom is -0.477 e. The normalized spacial score (nSPS) is 25.3. The Morgan fingerprint density at radius 3 is 2.58 bits per heavy atom. The molecule has 1 atom stereocenters. The zero-order chi connectivity index (χ0) is 9.19. The lowest BCUT2D eigenvalue weighted by molar-refractivity contribution is -0.170. The minimum atomic E-state index is -3.62. The molecule has 1 heterocycles. The molecule has 1 rings (SSSR count). The predicted molar refractivity (Wildman–Crippen MR) is 38.2 cm³/mol. The van der Waals surface area contributed by atoms with Crippen molar-refractivity contribution in [1.82, 2.24) is 5.32 Å². The maximum atomic E-state index is 12.8. The molecule has 0 aromatic heterocycles. The summed E-state index contributed by atoms with van der Waals surface area (Å²) in [6.45, 7) is 0.480. The molecular weight excluding hydrogens is 168 g/mol. The van der Waals surface area contributed by atoms with Crippen molar-refractivity contribution in [2.45, 2.75) is 31.2 Å². The molecule has 2 N–H and O–H groups in total. The standard InChI is InChI=1S/C7H11F2NO2/c8-7(9,6(11)12)5-3-1-2-4-10-5/h5,10H,1-4H2,(H,11,12)/t5-/m1/s1. The number of aliphatic carboxylic acids is 1. The van der Waals surface area contributed by atoms with Crippen LogP contribution in [0.5, 0.6) is 0 Å². The van der Waals surface area contributed by atoms with E-state index >= 15 is 0 Å². The van der Waals surface area contributed by atoms with Gasteiger partial charge in [-0.15, -0.1) is 0 Å². The summed E-state index contributed by atoms with van der Waals surface area (Å²) in [5.74, 6) is -5.66. The van der Waals surface area contributed by atoms with Gasteiger partial charge in [-0.25, -0.2) is 4.79 Å². The number of hydrogen-bond acceptors (Lipinski definition) is 2. The maximum Gasteiger partial charge on any atom is 0.376 e. The van der Waals surface area contributed by atoms with Gasteiger partial charge in [0.2, 0.25) is 0 Å². The third-order valence-corrected chi connectivity index (χ3v) is 2.03. The van der Waals surface area contributed by atoms with Gasteiger partial charge in [-0.3, -0.25) is 0 Å². The van der Waals surface area contributed by atoms with Crippen LogP contribution in [0.25, 0.3) is 0 Å². The highest BCUT2D eigenvalue weighted by Gasteiger charge is 2.47. The number of halogens is 2. The Bertz CT molecular complexity index is 178. The number of carboxylic acid groups (broad SMARTS) is 1. The first kappa shape index (κ1) is 9.38. The number of rotatable bonds is 2. The third-order valence-electron chi connectivity index (χ3n) is 2.03. The van der Waals surface area contributed by atoms with Crippen molar-refractivity contribution >= 4 is 5.97 Å². The van der Waals surface area contributed by atoms with E-state index in [9.17, 15) is 13.6 Å². The van der Waals surface area contributed by atoms with E-state index < -0.39 is 17.9 Å². The average molecular weight is 179 g/mol. The van der Waals surface area contributed by atoms with Gasteiger partial charge in [-0.2, -0.15) is 8.78 Å². The van der Waals surface area contributed by atoms with Crippen LogP contribution in [-0.2, 0) is 4.79 Å². The molecule has 0 bridgehead atoms. The molecule has 0 spiro atoms. The summed E-state index contributed by atoms with van der Waals surface area (Å²) in [4.78, 5) is 10.1. The Labute approximate surface area is 68.8 Å². The zero-order valence-electron chi connectivity index (χ0n) is 6.52. The number of hydrogen-bond donors (Lipinski definition) is 2. The Morgan fingerprint density at radius 1 is 1.50 bits per heavy atom. The van der Waals surface area contributed by atoms with E-state index in [-0.39, 0.29) is 6.42 Å².